The fourth-order valence-corrected chi connectivity index (χ4v) is 7.28. The van der Waals surface area contributed by atoms with Crippen LogP contribution in [0, 0.1) is 5.92 Å². The molecule has 310 valence electrons. The molecule has 2 amide bonds. The molecular formula is C42H78NO9P. The van der Waals surface area contributed by atoms with Gasteiger partial charge in [-0.3, -0.25) is 24.1 Å². The molecule has 0 aromatic carbocycles. The standard InChI is InChI=1S/C42H78NO9P/c1-4-6-8-10-12-14-16-18-20-22-24-26-28-30-40(45)49-35-38(36-51-53(48)50-33-32-43-39(44)34-37(3)42(43)47)52-41(46)31-29-27-25-23-21-19-17-15-13-11-9-7-5-2/h37-38,48H,4-36H2,1-3H3. The van der Waals surface area contributed by atoms with E-state index in [2.05, 4.69) is 13.8 Å². The zero-order valence-electron chi connectivity index (χ0n) is 34.1. The number of unbranched alkanes of at least 4 members (excludes halogenated alkanes) is 24. The Labute approximate surface area is 324 Å². The number of rotatable bonds is 38. The third-order valence-electron chi connectivity index (χ3n) is 10.1. The summed E-state index contributed by atoms with van der Waals surface area (Å²) >= 11 is 0. The minimum absolute atomic E-state index is 0.0269. The third kappa shape index (κ3) is 28.5. The Kier molecular flexibility index (Phi) is 32.5. The van der Waals surface area contributed by atoms with E-state index >= 15 is 0 Å². The van der Waals surface area contributed by atoms with Crippen LogP contribution in [0.2, 0.25) is 0 Å². The van der Waals surface area contributed by atoms with Gasteiger partial charge in [-0.25, -0.2) is 0 Å². The third-order valence-corrected chi connectivity index (χ3v) is 10.8. The minimum atomic E-state index is -2.36. The van der Waals surface area contributed by atoms with E-state index in [0.717, 1.165) is 43.4 Å². The van der Waals surface area contributed by atoms with Crippen LogP contribution in [-0.2, 0) is 37.7 Å². The predicted octanol–water partition coefficient (Wildman–Crippen LogP) is 11.1. The Balaban J connectivity index is 2.31. The maximum atomic E-state index is 12.7. The highest BCUT2D eigenvalue weighted by atomic mass is 31.2. The molecule has 11 heteroatoms. The van der Waals surface area contributed by atoms with E-state index in [9.17, 15) is 24.1 Å². The summed E-state index contributed by atoms with van der Waals surface area (Å²) in [5.41, 5.74) is 0. The molecule has 1 aliphatic rings. The molecule has 0 bridgehead atoms. The molecule has 0 aliphatic carbocycles. The van der Waals surface area contributed by atoms with E-state index < -0.39 is 20.7 Å². The maximum absolute atomic E-state index is 12.7. The van der Waals surface area contributed by atoms with Crippen LogP contribution in [0.4, 0.5) is 0 Å². The Morgan fingerprint density at radius 1 is 0.642 bits per heavy atom. The molecule has 0 radical (unpaired) electrons. The van der Waals surface area contributed by atoms with E-state index in [-0.39, 0.29) is 62.9 Å². The molecule has 3 unspecified atom stereocenters. The highest BCUT2D eigenvalue weighted by molar-refractivity contribution is 7.40. The molecule has 1 heterocycles. The van der Waals surface area contributed by atoms with Crippen molar-refractivity contribution in [3.63, 3.8) is 0 Å². The summed E-state index contributed by atoms with van der Waals surface area (Å²) in [5, 5.41) is 0. The quantitative estimate of drug-likeness (QED) is 0.0282. The molecule has 1 N–H and O–H groups in total. The summed E-state index contributed by atoms with van der Waals surface area (Å²) in [6.45, 7) is 5.77. The van der Waals surface area contributed by atoms with Crippen LogP contribution in [-0.4, -0.2) is 66.0 Å². The fourth-order valence-electron chi connectivity index (χ4n) is 6.67. The predicted molar refractivity (Wildman–Crippen MR) is 213 cm³/mol. The van der Waals surface area contributed by atoms with Gasteiger partial charge in [0, 0.05) is 25.2 Å². The number of nitrogens with zero attached hydrogens (tertiary/aromatic N) is 1. The van der Waals surface area contributed by atoms with Crippen LogP contribution >= 0.6 is 8.60 Å². The van der Waals surface area contributed by atoms with Crippen molar-refractivity contribution in [3.8, 4) is 0 Å². The van der Waals surface area contributed by atoms with Gasteiger partial charge in [-0.15, -0.1) is 0 Å². The van der Waals surface area contributed by atoms with Crippen LogP contribution in [0.1, 0.15) is 207 Å². The first-order valence-corrected chi connectivity index (χ1v) is 22.9. The van der Waals surface area contributed by atoms with Crippen molar-refractivity contribution in [2.75, 3.05) is 26.4 Å². The van der Waals surface area contributed by atoms with Gasteiger partial charge in [0.05, 0.1) is 19.8 Å². The molecule has 10 nitrogen and oxygen atoms in total. The van der Waals surface area contributed by atoms with E-state index in [0.29, 0.717) is 6.42 Å². The number of esters is 2. The molecule has 0 saturated carbocycles. The number of likely N-dealkylation sites (tertiary alicyclic amines) is 1. The number of carbonyl (C=O) groups excluding carboxylic acids is 4. The molecular weight excluding hydrogens is 693 g/mol. The van der Waals surface area contributed by atoms with Crippen molar-refractivity contribution < 1.29 is 42.6 Å². The van der Waals surface area contributed by atoms with Gasteiger partial charge in [0.25, 0.3) is 0 Å². The molecule has 0 aromatic rings. The lowest BCUT2D eigenvalue weighted by Crippen LogP contribution is -2.33. The first-order valence-electron chi connectivity index (χ1n) is 21.7. The SMILES string of the molecule is CCCCCCCCCCCCCCCC(=O)OCC(COP(O)OCCN1C(=O)CC(C)C1=O)OC(=O)CCCCCCCCCCCCCCC. The average molecular weight is 772 g/mol. The molecule has 3 atom stereocenters. The summed E-state index contributed by atoms with van der Waals surface area (Å²) < 4.78 is 21.8. The normalized spacial score (nSPS) is 15.6. The molecule has 1 saturated heterocycles. The molecule has 53 heavy (non-hydrogen) atoms. The van der Waals surface area contributed by atoms with Crippen molar-refractivity contribution in [1.29, 1.82) is 0 Å². The summed E-state index contributed by atoms with van der Waals surface area (Å²) in [5.74, 6) is -1.60. The average Bonchev–Trinajstić information content (AvgIpc) is 3.38. The molecule has 1 rings (SSSR count). The largest absolute Gasteiger partial charge is 0.462 e. The number of hydrogen-bond acceptors (Lipinski definition) is 9. The van der Waals surface area contributed by atoms with Crippen LogP contribution in [0.25, 0.3) is 0 Å². The number of imide groups is 1. The smallest absolute Gasteiger partial charge is 0.330 e. The van der Waals surface area contributed by atoms with E-state index in [1.807, 2.05) is 0 Å². The summed E-state index contributed by atoms with van der Waals surface area (Å²) in [7, 11) is -2.36. The van der Waals surface area contributed by atoms with Gasteiger partial charge >= 0.3 is 20.5 Å². The number of amides is 2. The first kappa shape index (κ1) is 49.4. The first-order chi connectivity index (χ1) is 25.8. The molecule has 0 aromatic heterocycles. The van der Waals surface area contributed by atoms with Gasteiger partial charge in [-0.2, -0.15) is 0 Å². The van der Waals surface area contributed by atoms with E-state index in [4.69, 9.17) is 18.5 Å². The van der Waals surface area contributed by atoms with Crippen LogP contribution in [0.15, 0.2) is 0 Å². The van der Waals surface area contributed by atoms with Crippen LogP contribution in [0.5, 0.6) is 0 Å². The molecule has 0 spiro atoms. The lowest BCUT2D eigenvalue weighted by atomic mass is 10.0. The number of ether oxygens (including phenoxy) is 2. The topological polar surface area (TPSA) is 129 Å². The van der Waals surface area contributed by atoms with Gasteiger partial charge in [0.1, 0.15) is 6.61 Å². The Morgan fingerprint density at radius 3 is 1.47 bits per heavy atom. The van der Waals surface area contributed by atoms with Crippen LogP contribution in [0.3, 0.4) is 0 Å². The Bertz CT molecular complexity index is 936. The lowest BCUT2D eigenvalue weighted by molar-refractivity contribution is -0.161. The molecule has 1 fully saturated rings. The Morgan fingerprint density at radius 2 is 1.06 bits per heavy atom. The second kappa shape index (κ2) is 34.8. The zero-order valence-corrected chi connectivity index (χ0v) is 35.0. The maximum Gasteiger partial charge on any atom is 0.330 e. The summed E-state index contributed by atoms with van der Waals surface area (Å²) in [6.07, 6.45) is 31.6. The second-order valence-electron chi connectivity index (χ2n) is 15.1. The second-order valence-corrected chi connectivity index (χ2v) is 16.1. The lowest BCUT2D eigenvalue weighted by Gasteiger charge is -2.20. The zero-order chi connectivity index (χ0) is 38.8. The van der Waals surface area contributed by atoms with Gasteiger partial charge in [-0.1, -0.05) is 175 Å². The van der Waals surface area contributed by atoms with Crippen molar-refractivity contribution in [3.05, 3.63) is 0 Å². The summed E-state index contributed by atoms with van der Waals surface area (Å²) in [4.78, 5) is 60.7. The van der Waals surface area contributed by atoms with Gasteiger partial charge < -0.3 is 23.4 Å². The number of carbonyl (C=O) groups is 4. The monoisotopic (exact) mass is 772 g/mol. The van der Waals surface area contributed by atoms with Gasteiger partial charge in [0.2, 0.25) is 11.8 Å². The van der Waals surface area contributed by atoms with Crippen molar-refractivity contribution in [1.82, 2.24) is 4.90 Å². The van der Waals surface area contributed by atoms with Crippen molar-refractivity contribution in [2.24, 2.45) is 5.92 Å². The van der Waals surface area contributed by atoms with E-state index in [1.165, 1.54) is 128 Å². The number of hydrogen-bond donors (Lipinski definition) is 1. The van der Waals surface area contributed by atoms with Crippen molar-refractivity contribution >= 4 is 32.4 Å². The van der Waals surface area contributed by atoms with Gasteiger partial charge in [-0.05, 0) is 12.8 Å². The van der Waals surface area contributed by atoms with Gasteiger partial charge in [0.15, 0.2) is 6.10 Å². The van der Waals surface area contributed by atoms with Crippen molar-refractivity contribution in [2.45, 2.75) is 213 Å². The van der Waals surface area contributed by atoms with Crippen LogP contribution < -0.4 is 0 Å². The van der Waals surface area contributed by atoms with E-state index in [1.54, 1.807) is 6.92 Å². The molecule has 1 aliphatic heterocycles. The highest BCUT2D eigenvalue weighted by Gasteiger charge is 2.35. The summed E-state index contributed by atoms with van der Waals surface area (Å²) in [6, 6.07) is 0. The Hall–Kier alpha value is -1.61. The highest BCUT2D eigenvalue weighted by Crippen LogP contribution is 2.33. The fraction of sp³-hybridized carbons (Fsp3) is 0.905. The minimum Gasteiger partial charge on any atom is -0.462 e.